The first-order valence-corrected chi connectivity index (χ1v) is 35.3. The SMILES string of the molecule is CC(=O)Nc1nn[nH]n1.CC(=O)Nc1nnn([C@@H]2C[C@@]34COC[C@@](C)([C@@H]3CC[C@H]3C4=CC[C@@]4(C)[C@H](C(=O)O)[C@@](C)([C@H](C)C(C)C)CC[C@]34C)[C@H]2OCCN)n1.CC(C)[C@@H](C)[C@@]1(C)CC[C@]2(C)[C@H]3CC[C@@H]4[C@@]5(COC[C@]4(C)[C@@H](OCCN)[C@H](C)C5)C3=CC[C@@]2(C)[C@@H]1C(=O)O. The van der Waals surface area contributed by atoms with Crippen molar-refractivity contribution in [3.63, 3.8) is 0 Å². The Labute approximate surface area is 552 Å². The molecule has 0 unspecified atom stereocenters. The van der Waals surface area contributed by atoms with E-state index in [-0.39, 0.29) is 108 Å². The maximum atomic E-state index is 13.4. The summed E-state index contributed by atoms with van der Waals surface area (Å²) < 4.78 is 26.1. The quantitative estimate of drug-likeness (QED) is 0.0815. The predicted octanol–water partition coefficient (Wildman–Crippen LogP) is 10.8. The van der Waals surface area contributed by atoms with Gasteiger partial charge in [0.05, 0.1) is 63.7 Å². The Morgan fingerprint density at radius 2 is 1.09 bits per heavy atom. The van der Waals surface area contributed by atoms with Gasteiger partial charge in [0.2, 0.25) is 11.8 Å². The van der Waals surface area contributed by atoms with E-state index in [1.165, 1.54) is 25.8 Å². The molecule has 2 aromatic rings. The number of hydrogen-bond donors (Lipinski definition) is 7. The van der Waals surface area contributed by atoms with E-state index >= 15 is 0 Å². The molecule has 22 nitrogen and oxygen atoms in total. The molecule has 6 saturated carbocycles. The lowest BCUT2D eigenvalue weighted by molar-refractivity contribution is -0.250. The van der Waals surface area contributed by atoms with Gasteiger partial charge in [0.1, 0.15) is 6.04 Å². The van der Waals surface area contributed by atoms with E-state index in [2.05, 4.69) is 163 Å². The summed E-state index contributed by atoms with van der Waals surface area (Å²) in [6.45, 7) is 42.2. The van der Waals surface area contributed by atoms with E-state index in [1.54, 1.807) is 10.4 Å². The molecule has 22 atom stereocenters. The van der Waals surface area contributed by atoms with Crippen LogP contribution in [0.4, 0.5) is 11.9 Å². The van der Waals surface area contributed by atoms with Gasteiger partial charge in [-0.05, 0) is 173 Å². The molecular formula is C71H116N12O10. The number of aromatic nitrogens is 8. The zero-order chi connectivity index (χ0) is 68.0. The summed E-state index contributed by atoms with van der Waals surface area (Å²) in [4.78, 5) is 50.3. The molecule has 4 heterocycles. The number of aromatic amines is 1. The van der Waals surface area contributed by atoms with Crippen molar-refractivity contribution in [2.75, 3.05) is 63.4 Å². The molecule has 9 N–H and O–H groups in total. The van der Waals surface area contributed by atoms with Crippen molar-refractivity contribution in [3.05, 3.63) is 23.3 Å². The molecule has 0 aromatic carbocycles. The lowest BCUT2D eigenvalue weighted by Gasteiger charge is -2.71. The van der Waals surface area contributed by atoms with Crippen molar-refractivity contribution in [2.45, 2.75) is 213 Å². The monoisotopic (exact) mass is 1300 g/mol. The average Bonchev–Trinajstić information content (AvgIpc) is 0.842. The minimum absolute atomic E-state index is 0.0139. The number of nitrogens with zero attached hydrogens (tertiary/aromatic N) is 7. The van der Waals surface area contributed by atoms with Crippen molar-refractivity contribution in [1.29, 1.82) is 0 Å². The fourth-order valence-corrected chi connectivity index (χ4v) is 23.8. The number of amides is 2. The molecule has 2 saturated heterocycles. The third kappa shape index (κ3) is 11.1. The van der Waals surface area contributed by atoms with Crippen LogP contribution in [-0.4, -0.2) is 140 Å². The Morgan fingerprint density at radius 1 is 0.634 bits per heavy atom. The van der Waals surface area contributed by atoms with Gasteiger partial charge >= 0.3 is 11.9 Å². The van der Waals surface area contributed by atoms with Crippen LogP contribution in [-0.2, 0) is 38.1 Å². The molecule has 2 aliphatic heterocycles. The molecule has 22 heteroatoms. The maximum absolute atomic E-state index is 13.4. The highest BCUT2D eigenvalue weighted by atomic mass is 16.5. The van der Waals surface area contributed by atoms with Crippen molar-refractivity contribution in [2.24, 2.45) is 131 Å². The molecule has 8 fully saturated rings. The van der Waals surface area contributed by atoms with Gasteiger partial charge in [-0.25, -0.2) is 0 Å². The number of carboxylic acid groups (broad SMARTS) is 2. The van der Waals surface area contributed by atoms with Crippen LogP contribution in [0.15, 0.2) is 23.3 Å². The predicted molar refractivity (Wildman–Crippen MR) is 354 cm³/mol. The Bertz CT molecular complexity index is 3140. The molecule has 10 aliphatic rings. The van der Waals surface area contributed by atoms with E-state index in [1.807, 2.05) is 0 Å². The van der Waals surface area contributed by atoms with Gasteiger partial charge < -0.3 is 40.6 Å². The average molecular weight is 1300 g/mol. The molecule has 4 bridgehead atoms. The van der Waals surface area contributed by atoms with Crippen LogP contribution in [0.2, 0.25) is 0 Å². The number of H-pyrrole nitrogens is 1. The molecule has 8 aliphatic carbocycles. The van der Waals surface area contributed by atoms with Crippen molar-refractivity contribution < 1.29 is 48.3 Å². The van der Waals surface area contributed by atoms with Gasteiger partial charge in [0.25, 0.3) is 11.9 Å². The van der Waals surface area contributed by atoms with E-state index < -0.39 is 17.9 Å². The topological polar surface area (TPSA) is 320 Å². The van der Waals surface area contributed by atoms with Crippen LogP contribution in [0.5, 0.6) is 0 Å². The summed E-state index contributed by atoms with van der Waals surface area (Å²) in [5, 5.41) is 52.4. The number of nitrogens with two attached hydrogens (primary N) is 2. The largest absolute Gasteiger partial charge is 0.481 e. The number of allylic oxidation sites excluding steroid dienone is 2. The number of carbonyl (C=O) groups is 4. The smallest absolute Gasteiger partial charge is 0.307 e. The van der Waals surface area contributed by atoms with Crippen molar-refractivity contribution in [3.8, 4) is 0 Å². The highest BCUT2D eigenvalue weighted by molar-refractivity contribution is 5.86. The van der Waals surface area contributed by atoms with E-state index in [9.17, 15) is 29.4 Å². The lowest BCUT2D eigenvalue weighted by Crippen LogP contribution is -2.69. The fourth-order valence-electron chi connectivity index (χ4n) is 23.8. The zero-order valence-corrected chi connectivity index (χ0v) is 59.3. The Kier molecular flexibility index (Phi) is 19.6. The number of aliphatic carboxylic acids is 2. The maximum Gasteiger partial charge on any atom is 0.307 e. The summed E-state index contributed by atoms with van der Waals surface area (Å²) in [6.07, 6.45) is 16.8. The van der Waals surface area contributed by atoms with Crippen LogP contribution < -0.4 is 22.1 Å². The Hall–Kier alpha value is -4.74. The molecule has 0 radical (unpaired) electrons. The first-order chi connectivity index (χ1) is 43.6. The van der Waals surface area contributed by atoms with Gasteiger partial charge in [-0.1, -0.05) is 137 Å². The number of hydrogen-bond acceptors (Lipinski definition) is 16. The summed E-state index contributed by atoms with van der Waals surface area (Å²) in [7, 11) is 0. The standard InChI is InChI=1S/C35H56N6O5.C33H55NO4.C3H5N5O/c1-20(2)21(3)31(5)13-14-33(7)23-9-10-26-32(6)18-45-19-35(26,24(23)11-12-34(33,8)27(31)29(43)44)17-25(28(32)46-16-15-36)41-39-30(38-40-41)37-22(4)42;1-20(2)22(4)29(5)13-14-31(7)23-9-10-25-30(6)18-37-19-33(25,17-21(3)27(30)38-16-15-34)24(23)11-12-32(31,8)26(29)28(35)36;1-2(9)4-3-5-7-8-6-3/h11,20-21,23,25-28H,9-10,12-19,36H2,1-8H3,(H,43,44)(H,37,39,42);11,20-23,25-27H,9-10,12-19,34H2,1-8H3,(H,35,36);1H3,(H2,4,5,6,7,8,9)/t21-,23+,25-,26+,27-,28+,31-,32+,33-,34+,35+;21-,22-,23+,25+,26-,27+,29-,30+,31-,32+,33+;/m11./s1. The molecule has 0 spiro atoms. The normalized spacial score (nSPS) is 43.4. The minimum atomic E-state index is -0.648. The van der Waals surface area contributed by atoms with Crippen LogP contribution in [0.3, 0.4) is 0 Å². The minimum Gasteiger partial charge on any atom is -0.481 e. The lowest BCUT2D eigenvalue weighted by atomic mass is 9.34. The van der Waals surface area contributed by atoms with E-state index in [4.69, 9.17) is 30.4 Å². The van der Waals surface area contributed by atoms with Gasteiger partial charge in [0, 0.05) is 48.6 Å². The summed E-state index contributed by atoms with van der Waals surface area (Å²) in [5.74, 6) is 1.44. The number of anilines is 2. The first kappa shape index (κ1) is 71.0. The third-order valence-corrected chi connectivity index (χ3v) is 28.9. The first-order valence-electron chi connectivity index (χ1n) is 35.3. The fraction of sp³-hybridized carbons (Fsp3) is 0.859. The number of rotatable bonds is 15. The second-order valence-electron chi connectivity index (χ2n) is 33.8. The molecular weight excluding hydrogens is 1180 g/mol. The number of carboxylic acids is 2. The summed E-state index contributed by atoms with van der Waals surface area (Å²) >= 11 is 0. The van der Waals surface area contributed by atoms with Crippen LogP contribution in [0, 0.1) is 119 Å². The Morgan fingerprint density at radius 3 is 1.52 bits per heavy atom. The number of tetrazole rings is 2. The molecule has 2 aromatic heterocycles. The molecule has 520 valence electrons. The van der Waals surface area contributed by atoms with Gasteiger partial charge in [-0.15, -0.1) is 10.2 Å². The van der Waals surface area contributed by atoms with Crippen molar-refractivity contribution >= 4 is 35.6 Å². The highest BCUT2D eigenvalue weighted by Gasteiger charge is 2.74. The molecule has 2 amide bonds. The second kappa shape index (κ2) is 25.6. The van der Waals surface area contributed by atoms with Gasteiger partial charge in [-0.3, -0.25) is 29.8 Å². The number of nitrogens with one attached hydrogen (secondary N) is 3. The summed E-state index contributed by atoms with van der Waals surface area (Å²) in [6, 6.07) is -0.235. The zero-order valence-electron chi connectivity index (χ0n) is 59.3. The second-order valence-corrected chi connectivity index (χ2v) is 33.8. The number of carbonyl (C=O) groups excluding carboxylic acids is 2. The number of fused-ring (bicyclic) bond motifs is 6. The van der Waals surface area contributed by atoms with Crippen LogP contribution in [0.1, 0.15) is 201 Å². The van der Waals surface area contributed by atoms with E-state index in [0.717, 1.165) is 83.8 Å². The number of ether oxygens (including phenoxy) is 4. The van der Waals surface area contributed by atoms with Gasteiger partial charge in [0.15, 0.2) is 0 Å². The van der Waals surface area contributed by atoms with Crippen LogP contribution in [0.25, 0.3) is 0 Å². The van der Waals surface area contributed by atoms with Gasteiger partial charge in [-0.2, -0.15) is 10.0 Å². The van der Waals surface area contributed by atoms with E-state index in [0.29, 0.717) is 86.9 Å². The third-order valence-electron chi connectivity index (χ3n) is 28.9. The molecule has 93 heavy (non-hydrogen) atoms. The Balaban J connectivity index is 0.000000181. The van der Waals surface area contributed by atoms with Crippen LogP contribution >= 0.6 is 0 Å². The van der Waals surface area contributed by atoms with Crippen molar-refractivity contribution in [1.82, 2.24) is 40.8 Å². The molecule has 12 rings (SSSR count). The summed E-state index contributed by atoms with van der Waals surface area (Å²) in [5.41, 5.74) is 13.0. The highest BCUT2D eigenvalue weighted by Crippen LogP contribution is 2.78.